The summed E-state index contributed by atoms with van der Waals surface area (Å²) < 4.78 is 25.8. The second-order valence-corrected chi connectivity index (χ2v) is 8.48. The molecule has 2 aliphatic rings. The van der Waals surface area contributed by atoms with Gasteiger partial charge >= 0.3 is 0 Å². The molecule has 0 unspecified atom stereocenters. The molecule has 0 aromatic heterocycles. The Morgan fingerprint density at radius 2 is 2.00 bits per heavy atom. The van der Waals surface area contributed by atoms with Crippen LogP contribution in [0, 0.1) is 19.3 Å². The molecule has 0 aliphatic carbocycles. The maximum atomic E-state index is 14.8. The van der Waals surface area contributed by atoms with Crippen molar-refractivity contribution in [3.8, 4) is 5.75 Å². The third kappa shape index (κ3) is 3.64. The third-order valence-corrected chi connectivity index (χ3v) is 5.95. The van der Waals surface area contributed by atoms with Crippen LogP contribution >= 0.6 is 12.2 Å². The van der Waals surface area contributed by atoms with E-state index in [-0.39, 0.29) is 22.9 Å². The van der Waals surface area contributed by atoms with E-state index in [1.165, 1.54) is 11.0 Å². The monoisotopic (exact) mass is 439 g/mol. The van der Waals surface area contributed by atoms with Gasteiger partial charge in [-0.25, -0.2) is 9.24 Å². The largest absolute Gasteiger partial charge is 0.485 e. The Hall–Kier alpha value is -3.02. The summed E-state index contributed by atoms with van der Waals surface area (Å²) in [7, 11) is 0. The number of carbonyl (C=O) groups excluding carboxylic acids is 1. The number of anilines is 2. The summed E-state index contributed by atoms with van der Waals surface area (Å²) >= 11 is 5.65. The van der Waals surface area contributed by atoms with Gasteiger partial charge in [0.15, 0.2) is 22.4 Å². The van der Waals surface area contributed by atoms with Crippen molar-refractivity contribution in [1.82, 2.24) is 0 Å². The Morgan fingerprint density at radius 3 is 2.61 bits per heavy atom. The van der Waals surface area contributed by atoms with E-state index in [2.05, 4.69) is 4.85 Å². The Bertz CT molecular complexity index is 1110. The zero-order chi connectivity index (χ0) is 22.3. The Kier molecular flexibility index (Phi) is 5.42. The Balaban J connectivity index is 1.66. The summed E-state index contributed by atoms with van der Waals surface area (Å²) in [6, 6.07) is 9.73. The molecular weight excluding hydrogens is 417 g/mol. The molecule has 8 heteroatoms. The number of benzene rings is 2. The smallest absolute Gasteiger partial charge is 0.259 e. The number of amides is 1. The van der Waals surface area contributed by atoms with Crippen molar-refractivity contribution < 1.29 is 18.7 Å². The quantitative estimate of drug-likeness (QED) is 0.507. The Labute approximate surface area is 186 Å². The number of aryl methyl sites for hydroxylation is 1. The highest BCUT2D eigenvalue weighted by Gasteiger charge is 2.50. The average Bonchev–Trinajstić information content (AvgIpc) is 3.29. The van der Waals surface area contributed by atoms with Crippen LogP contribution in [0.3, 0.4) is 0 Å². The van der Waals surface area contributed by atoms with Crippen LogP contribution in [0.2, 0.25) is 0 Å². The minimum Gasteiger partial charge on any atom is -0.485 e. The van der Waals surface area contributed by atoms with E-state index in [4.69, 9.17) is 28.3 Å². The first-order chi connectivity index (χ1) is 14.7. The lowest BCUT2D eigenvalue weighted by atomic mass is 10.0. The van der Waals surface area contributed by atoms with Gasteiger partial charge in [0.2, 0.25) is 0 Å². The molecule has 2 aliphatic heterocycles. The van der Waals surface area contributed by atoms with Crippen LogP contribution in [0.25, 0.3) is 4.85 Å². The molecule has 0 saturated carbocycles. The SMILES string of the molecule is [C-]#[N+]c1ccc(N2C(=O)C(C)(C)N(c3ccc(O[C@@H]4CCOC4)c(F)c3)C2=S)cc1C. The molecule has 2 fully saturated rings. The highest BCUT2D eigenvalue weighted by molar-refractivity contribution is 7.81. The number of hydrogen-bond donors (Lipinski definition) is 0. The fraction of sp³-hybridized carbons (Fsp3) is 0.348. The van der Waals surface area contributed by atoms with Crippen LogP contribution < -0.4 is 14.5 Å². The first-order valence-corrected chi connectivity index (χ1v) is 10.4. The molecule has 0 radical (unpaired) electrons. The molecule has 0 N–H and O–H groups in total. The van der Waals surface area contributed by atoms with E-state index < -0.39 is 11.4 Å². The molecule has 1 amide bonds. The van der Waals surface area contributed by atoms with E-state index in [1.54, 1.807) is 49.1 Å². The maximum absolute atomic E-state index is 14.8. The van der Waals surface area contributed by atoms with Crippen molar-refractivity contribution >= 4 is 40.3 Å². The first-order valence-electron chi connectivity index (χ1n) is 9.95. The van der Waals surface area contributed by atoms with Crippen LogP contribution in [-0.4, -0.2) is 35.9 Å². The zero-order valence-corrected chi connectivity index (χ0v) is 18.3. The number of hydrogen-bond acceptors (Lipinski definition) is 4. The van der Waals surface area contributed by atoms with Gasteiger partial charge in [-0.3, -0.25) is 9.69 Å². The molecule has 31 heavy (non-hydrogen) atoms. The molecule has 0 spiro atoms. The molecule has 2 heterocycles. The van der Waals surface area contributed by atoms with Crippen molar-refractivity contribution in [3.05, 3.63) is 59.2 Å². The molecule has 6 nitrogen and oxygen atoms in total. The normalized spacial score (nSPS) is 20.3. The second-order valence-electron chi connectivity index (χ2n) is 8.12. The summed E-state index contributed by atoms with van der Waals surface area (Å²) in [4.78, 5) is 19.8. The van der Waals surface area contributed by atoms with Gasteiger partial charge < -0.3 is 14.4 Å². The molecule has 160 valence electrons. The molecule has 4 rings (SSSR count). The number of carbonyl (C=O) groups is 1. The lowest BCUT2D eigenvalue weighted by Crippen LogP contribution is -2.44. The first kappa shape index (κ1) is 21.2. The van der Waals surface area contributed by atoms with Gasteiger partial charge in [-0.15, -0.1) is 0 Å². The third-order valence-electron chi connectivity index (χ3n) is 5.58. The van der Waals surface area contributed by atoms with Gasteiger partial charge in [0, 0.05) is 23.9 Å². The molecule has 0 bridgehead atoms. The van der Waals surface area contributed by atoms with E-state index in [1.807, 2.05) is 6.92 Å². The van der Waals surface area contributed by atoms with Crippen molar-refractivity contribution in [2.75, 3.05) is 23.0 Å². The van der Waals surface area contributed by atoms with E-state index in [0.717, 1.165) is 12.0 Å². The summed E-state index contributed by atoms with van der Waals surface area (Å²) in [5.74, 6) is -0.599. The van der Waals surface area contributed by atoms with Crippen molar-refractivity contribution in [3.63, 3.8) is 0 Å². The molecule has 1 atom stereocenters. The van der Waals surface area contributed by atoms with Gasteiger partial charge in [-0.05, 0) is 62.8 Å². The van der Waals surface area contributed by atoms with Gasteiger partial charge in [0.05, 0.1) is 19.8 Å². The minimum atomic E-state index is -1.02. The minimum absolute atomic E-state index is 0.149. The molecule has 2 aromatic carbocycles. The summed E-state index contributed by atoms with van der Waals surface area (Å²) in [6.07, 6.45) is 0.558. The van der Waals surface area contributed by atoms with E-state index in [9.17, 15) is 9.18 Å². The fourth-order valence-corrected chi connectivity index (χ4v) is 4.39. The number of thiocarbonyl (C=S) groups is 1. The average molecular weight is 440 g/mol. The highest BCUT2D eigenvalue weighted by atomic mass is 32.1. The molecular formula is C23H22FN3O3S. The lowest BCUT2D eigenvalue weighted by molar-refractivity contribution is -0.120. The topological polar surface area (TPSA) is 46.4 Å². The summed E-state index contributed by atoms with van der Waals surface area (Å²) in [5.41, 5.74) is 1.30. The molecule has 2 aromatic rings. The standard InChI is InChI=1S/C23H22FN3O3S/c1-14-11-15(5-7-19(14)25-4)26-21(28)23(2,3)27(22(26)31)16-6-8-20(18(24)12-16)30-17-9-10-29-13-17/h5-8,11-12,17H,9-10,13H2,1-3H3/t17-/m1/s1. The predicted octanol–water partition coefficient (Wildman–Crippen LogP) is 4.77. The summed E-state index contributed by atoms with van der Waals surface area (Å²) in [5, 5.41) is 0.252. The van der Waals surface area contributed by atoms with Crippen molar-refractivity contribution in [1.29, 1.82) is 0 Å². The van der Waals surface area contributed by atoms with Crippen LogP contribution in [0.5, 0.6) is 5.75 Å². The van der Waals surface area contributed by atoms with Crippen LogP contribution in [0.4, 0.5) is 21.5 Å². The van der Waals surface area contributed by atoms with Gasteiger partial charge in [0.25, 0.3) is 5.91 Å². The van der Waals surface area contributed by atoms with Crippen molar-refractivity contribution in [2.45, 2.75) is 38.8 Å². The maximum Gasteiger partial charge on any atom is 0.259 e. The number of nitrogens with zero attached hydrogens (tertiary/aromatic N) is 3. The van der Waals surface area contributed by atoms with Gasteiger partial charge in [-0.2, -0.15) is 0 Å². The van der Waals surface area contributed by atoms with Gasteiger partial charge in [-0.1, -0.05) is 6.07 Å². The number of ether oxygens (including phenoxy) is 2. The predicted molar refractivity (Wildman–Crippen MR) is 120 cm³/mol. The lowest BCUT2D eigenvalue weighted by Gasteiger charge is -2.29. The molecule has 2 saturated heterocycles. The van der Waals surface area contributed by atoms with Crippen LogP contribution in [-0.2, 0) is 9.53 Å². The van der Waals surface area contributed by atoms with Crippen LogP contribution in [0.15, 0.2) is 36.4 Å². The van der Waals surface area contributed by atoms with Gasteiger partial charge in [0.1, 0.15) is 11.6 Å². The zero-order valence-electron chi connectivity index (χ0n) is 17.5. The summed E-state index contributed by atoms with van der Waals surface area (Å²) in [6.45, 7) is 13.6. The van der Waals surface area contributed by atoms with E-state index >= 15 is 0 Å². The Morgan fingerprint density at radius 1 is 1.26 bits per heavy atom. The highest BCUT2D eigenvalue weighted by Crippen LogP contribution is 2.38. The fourth-order valence-electron chi connectivity index (χ4n) is 3.87. The van der Waals surface area contributed by atoms with Crippen LogP contribution in [0.1, 0.15) is 25.8 Å². The second kappa shape index (κ2) is 7.91. The van der Waals surface area contributed by atoms with E-state index in [0.29, 0.717) is 30.3 Å². The number of halogens is 1. The number of rotatable bonds is 4. The van der Waals surface area contributed by atoms with Crippen molar-refractivity contribution in [2.24, 2.45) is 0 Å².